The van der Waals surface area contributed by atoms with Gasteiger partial charge in [0.15, 0.2) is 0 Å². The normalized spacial score (nSPS) is 27.3. The van der Waals surface area contributed by atoms with E-state index < -0.39 is 6.04 Å². The highest BCUT2D eigenvalue weighted by Gasteiger charge is 2.58. The van der Waals surface area contributed by atoms with Gasteiger partial charge in [-0.15, -0.1) is 0 Å². The zero-order chi connectivity index (χ0) is 21.5. The fraction of sp³-hybridized carbons (Fsp3) is 0.320. The number of rotatable bonds is 5. The van der Waals surface area contributed by atoms with Crippen molar-refractivity contribution in [1.82, 2.24) is 4.90 Å². The van der Waals surface area contributed by atoms with Crippen molar-refractivity contribution in [3.05, 3.63) is 76.8 Å². The second-order valence-corrected chi connectivity index (χ2v) is 9.49. The highest BCUT2D eigenvalue weighted by atomic mass is 79.9. The quantitative estimate of drug-likeness (QED) is 0.499. The van der Waals surface area contributed by atoms with Crippen LogP contribution in [-0.4, -0.2) is 22.6 Å². The molecule has 0 unspecified atom stereocenters. The third-order valence-electron chi connectivity index (χ3n) is 6.80. The molecule has 3 amide bonds. The number of nitrogens with zero attached hydrogens (tertiary/aromatic N) is 1. The lowest BCUT2D eigenvalue weighted by molar-refractivity contribution is -0.143. The van der Waals surface area contributed by atoms with Crippen molar-refractivity contribution >= 4 is 39.3 Å². The van der Waals surface area contributed by atoms with Gasteiger partial charge >= 0.3 is 0 Å². The zero-order valence-corrected chi connectivity index (χ0v) is 18.5. The molecule has 0 radical (unpaired) electrons. The summed E-state index contributed by atoms with van der Waals surface area (Å²) >= 11 is 3.39. The van der Waals surface area contributed by atoms with Crippen molar-refractivity contribution in [2.75, 3.05) is 5.32 Å². The summed E-state index contributed by atoms with van der Waals surface area (Å²) in [6.45, 7) is 0. The van der Waals surface area contributed by atoms with E-state index in [2.05, 4.69) is 33.4 Å². The van der Waals surface area contributed by atoms with E-state index in [4.69, 9.17) is 0 Å². The van der Waals surface area contributed by atoms with Crippen molar-refractivity contribution in [3.63, 3.8) is 0 Å². The van der Waals surface area contributed by atoms with Crippen LogP contribution in [0.5, 0.6) is 0 Å². The monoisotopic (exact) mass is 478 g/mol. The highest BCUT2D eigenvalue weighted by molar-refractivity contribution is 9.10. The number of hydrogen-bond donors (Lipinski definition) is 1. The minimum atomic E-state index is -0.610. The van der Waals surface area contributed by atoms with Crippen LogP contribution in [0.4, 0.5) is 5.69 Å². The van der Waals surface area contributed by atoms with E-state index in [1.165, 1.54) is 4.90 Å². The lowest BCUT2D eigenvalue weighted by atomic mass is 9.63. The summed E-state index contributed by atoms with van der Waals surface area (Å²) in [5, 5.41) is 2.89. The van der Waals surface area contributed by atoms with Crippen LogP contribution in [-0.2, 0) is 14.4 Å². The molecular formula is C25H23BrN2O3. The minimum Gasteiger partial charge on any atom is -0.326 e. The Balaban J connectivity index is 1.43. The summed E-state index contributed by atoms with van der Waals surface area (Å²) in [5.74, 6) is -0.783. The number of fused-ring (bicyclic) bond motifs is 1. The van der Waals surface area contributed by atoms with E-state index in [-0.39, 0.29) is 47.8 Å². The van der Waals surface area contributed by atoms with E-state index in [9.17, 15) is 14.4 Å². The molecule has 0 spiro atoms. The summed E-state index contributed by atoms with van der Waals surface area (Å²) in [7, 11) is 0. The van der Waals surface area contributed by atoms with Gasteiger partial charge < -0.3 is 5.32 Å². The molecule has 2 aromatic carbocycles. The number of hydrogen-bond acceptors (Lipinski definition) is 3. The molecular weight excluding hydrogens is 456 g/mol. The first-order valence-corrected chi connectivity index (χ1v) is 11.5. The number of benzene rings is 2. The summed E-state index contributed by atoms with van der Waals surface area (Å²) < 4.78 is 0.923. The predicted octanol–water partition coefficient (Wildman–Crippen LogP) is 4.72. The fourth-order valence-electron chi connectivity index (χ4n) is 5.36. The van der Waals surface area contributed by atoms with Crippen LogP contribution in [0.3, 0.4) is 0 Å². The molecule has 3 aliphatic carbocycles. The van der Waals surface area contributed by atoms with Crippen LogP contribution in [0.1, 0.15) is 30.9 Å². The number of anilines is 1. The van der Waals surface area contributed by atoms with Crippen LogP contribution >= 0.6 is 15.9 Å². The van der Waals surface area contributed by atoms with Gasteiger partial charge in [0.2, 0.25) is 17.7 Å². The van der Waals surface area contributed by atoms with Crippen LogP contribution in [0, 0.1) is 23.7 Å². The second kappa shape index (κ2) is 8.08. The SMILES string of the molecule is O=C(C[C@H](c1ccccc1)N1C(=O)[C@H]2[C@H](C1=O)[C@H]1C=C[C@H]2CC1)Nc1ccc(Br)cc1. The Morgan fingerprint density at radius 3 is 2.06 bits per heavy atom. The molecule has 1 N–H and O–H groups in total. The number of halogens is 1. The van der Waals surface area contributed by atoms with Crippen LogP contribution in [0.15, 0.2) is 71.2 Å². The average Bonchev–Trinajstić information content (AvgIpc) is 3.07. The lowest BCUT2D eigenvalue weighted by Gasteiger charge is -2.38. The molecule has 1 heterocycles. The molecule has 2 aromatic rings. The molecule has 2 bridgehead atoms. The molecule has 6 heteroatoms. The maximum atomic E-state index is 13.5. The molecule has 5 nitrogen and oxygen atoms in total. The molecule has 2 fully saturated rings. The van der Waals surface area contributed by atoms with Gasteiger partial charge in [0.05, 0.1) is 24.3 Å². The molecule has 1 saturated heterocycles. The topological polar surface area (TPSA) is 66.5 Å². The molecule has 1 saturated carbocycles. The van der Waals surface area contributed by atoms with Crippen molar-refractivity contribution < 1.29 is 14.4 Å². The van der Waals surface area contributed by atoms with Gasteiger partial charge in [-0.25, -0.2) is 0 Å². The first-order chi connectivity index (χ1) is 15.0. The average molecular weight is 479 g/mol. The van der Waals surface area contributed by atoms with Gasteiger partial charge in [-0.2, -0.15) is 0 Å². The Morgan fingerprint density at radius 2 is 1.52 bits per heavy atom. The molecule has 1 aliphatic heterocycles. The van der Waals surface area contributed by atoms with E-state index in [1.807, 2.05) is 54.6 Å². The third kappa shape index (κ3) is 3.63. The van der Waals surface area contributed by atoms with Crippen molar-refractivity contribution in [1.29, 1.82) is 0 Å². The maximum Gasteiger partial charge on any atom is 0.234 e. The number of allylic oxidation sites excluding steroid dienone is 2. The third-order valence-corrected chi connectivity index (χ3v) is 7.32. The molecule has 5 atom stereocenters. The highest BCUT2D eigenvalue weighted by Crippen LogP contribution is 2.51. The van der Waals surface area contributed by atoms with Gasteiger partial charge in [-0.05, 0) is 54.5 Å². The summed E-state index contributed by atoms with van der Waals surface area (Å²) in [5.41, 5.74) is 1.48. The van der Waals surface area contributed by atoms with E-state index in [1.54, 1.807) is 0 Å². The number of carbonyl (C=O) groups excluding carboxylic acids is 3. The smallest absolute Gasteiger partial charge is 0.234 e. The Labute approximate surface area is 189 Å². The maximum absolute atomic E-state index is 13.5. The second-order valence-electron chi connectivity index (χ2n) is 8.57. The molecule has 158 valence electrons. The minimum absolute atomic E-state index is 0.0275. The predicted molar refractivity (Wildman–Crippen MR) is 121 cm³/mol. The number of carbonyl (C=O) groups is 3. The van der Waals surface area contributed by atoms with Gasteiger partial charge in [-0.3, -0.25) is 19.3 Å². The van der Waals surface area contributed by atoms with Gasteiger partial charge in [0, 0.05) is 10.2 Å². The van der Waals surface area contributed by atoms with E-state index in [0.717, 1.165) is 22.9 Å². The van der Waals surface area contributed by atoms with Crippen molar-refractivity contribution in [3.8, 4) is 0 Å². The van der Waals surface area contributed by atoms with Crippen molar-refractivity contribution in [2.45, 2.75) is 25.3 Å². The number of likely N-dealkylation sites (tertiary alicyclic amines) is 1. The first-order valence-electron chi connectivity index (χ1n) is 10.7. The van der Waals surface area contributed by atoms with Crippen molar-refractivity contribution in [2.24, 2.45) is 23.7 Å². The number of amides is 3. The molecule has 0 aromatic heterocycles. The summed E-state index contributed by atoms with van der Waals surface area (Å²) in [6, 6.07) is 16.1. The standard InChI is InChI=1S/C25H23BrN2O3/c26-18-10-12-19(13-11-18)27-21(29)14-20(15-4-2-1-3-5-15)28-24(30)22-16-6-7-17(9-8-16)23(22)25(28)31/h1-7,10-13,16-17,20,22-23H,8-9,14H2,(H,27,29)/t16-,17-,20+,22+,23+/m0/s1. The number of nitrogens with one attached hydrogen (secondary N) is 1. The number of imide groups is 1. The van der Waals surface area contributed by atoms with Crippen LogP contribution in [0.25, 0.3) is 0 Å². The first kappa shape index (κ1) is 20.2. The fourth-order valence-corrected chi connectivity index (χ4v) is 5.62. The van der Waals surface area contributed by atoms with Gasteiger partial charge in [0.1, 0.15) is 0 Å². The Hall–Kier alpha value is -2.73. The van der Waals surface area contributed by atoms with E-state index >= 15 is 0 Å². The summed E-state index contributed by atoms with van der Waals surface area (Å²) in [6.07, 6.45) is 6.16. The Kier molecular flexibility index (Phi) is 5.26. The van der Waals surface area contributed by atoms with Gasteiger partial charge in [0.25, 0.3) is 0 Å². The van der Waals surface area contributed by atoms with Crippen LogP contribution < -0.4 is 5.32 Å². The largest absolute Gasteiger partial charge is 0.326 e. The molecule has 6 rings (SSSR count). The van der Waals surface area contributed by atoms with Gasteiger partial charge in [-0.1, -0.05) is 58.4 Å². The Morgan fingerprint density at radius 1 is 0.935 bits per heavy atom. The van der Waals surface area contributed by atoms with E-state index in [0.29, 0.717) is 5.69 Å². The molecule has 31 heavy (non-hydrogen) atoms. The summed E-state index contributed by atoms with van der Waals surface area (Å²) in [4.78, 5) is 41.2. The van der Waals surface area contributed by atoms with Crippen LogP contribution in [0.2, 0.25) is 0 Å². The lowest BCUT2D eigenvalue weighted by Crippen LogP contribution is -2.38. The molecule has 4 aliphatic rings. The Bertz CT molecular complexity index is 1020. The zero-order valence-electron chi connectivity index (χ0n) is 16.9.